The number of rotatable bonds is 5. The highest BCUT2D eigenvalue weighted by Gasteiger charge is 2.26. The van der Waals surface area contributed by atoms with Gasteiger partial charge in [-0.3, -0.25) is 9.36 Å². The molecule has 0 radical (unpaired) electrons. The van der Waals surface area contributed by atoms with Gasteiger partial charge in [0.05, 0.1) is 11.1 Å². The van der Waals surface area contributed by atoms with E-state index in [2.05, 4.69) is 20.3 Å². The lowest BCUT2D eigenvalue weighted by Crippen LogP contribution is -2.35. The summed E-state index contributed by atoms with van der Waals surface area (Å²) in [4.78, 5) is 26.7. The molecule has 1 aliphatic heterocycles. The van der Waals surface area contributed by atoms with Crippen molar-refractivity contribution in [3.63, 3.8) is 0 Å². The van der Waals surface area contributed by atoms with E-state index < -0.39 is 10.0 Å². The van der Waals surface area contributed by atoms with Gasteiger partial charge in [-0.25, -0.2) is 18.4 Å². The summed E-state index contributed by atoms with van der Waals surface area (Å²) in [7, 11) is -3.48. The summed E-state index contributed by atoms with van der Waals surface area (Å²) in [5, 5.41) is 3.14. The molecule has 2 aliphatic rings. The standard InChI is InChI=1S/C24H30N6O3S/c1-17-23(31)30(19-8-4-2-5-9-19)22-21(26-17)16-25-24(28-22)27-18-10-12-20(13-11-18)34(32,33)29-14-6-3-7-15-29/h10-13,16,19H,2-9,14-15H2,1H3,(H,25,27,28). The molecule has 1 saturated heterocycles. The Hall–Kier alpha value is -2.85. The molecule has 1 N–H and O–H groups in total. The Kier molecular flexibility index (Phi) is 6.35. The number of aryl methyl sites for hydroxylation is 1. The van der Waals surface area contributed by atoms with Gasteiger partial charge in [0.25, 0.3) is 5.56 Å². The lowest BCUT2D eigenvalue weighted by molar-refractivity contribution is 0.346. The van der Waals surface area contributed by atoms with Gasteiger partial charge in [-0.1, -0.05) is 25.7 Å². The molecule has 2 aromatic heterocycles. The molecule has 34 heavy (non-hydrogen) atoms. The normalized spacial score (nSPS) is 18.3. The van der Waals surface area contributed by atoms with Crippen LogP contribution in [0.3, 0.4) is 0 Å². The largest absolute Gasteiger partial charge is 0.324 e. The lowest BCUT2D eigenvalue weighted by Gasteiger charge is -2.26. The molecule has 180 valence electrons. The van der Waals surface area contributed by atoms with Crippen LogP contribution in [0.25, 0.3) is 11.2 Å². The van der Waals surface area contributed by atoms with Gasteiger partial charge in [-0.05, 0) is 56.9 Å². The molecule has 1 aromatic carbocycles. The molecule has 9 nitrogen and oxygen atoms in total. The van der Waals surface area contributed by atoms with Gasteiger partial charge < -0.3 is 5.32 Å². The minimum absolute atomic E-state index is 0.101. The molecule has 0 spiro atoms. The summed E-state index contributed by atoms with van der Waals surface area (Å²) in [6, 6.07) is 6.76. The van der Waals surface area contributed by atoms with Crippen LogP contribution in [0.15, 0.2) is 40.2 Å². The van der Waals surface area contributed by atoms with E-state index in [4.69, 9.17) is 0 Å². The molecule has 3 heterocycles. The molecule has 3 aromatic rings. The van der Waals surface area contributed by atoms with Crippen molar-refractivity contribution in [3.05, 3.63) is 46.5 Å². The number of piperidine rings is 1. The Morgan fingerprint density at radius 2 is 1.62 bits per heavy atom. The first kappa shape index (κ1) is 22.9. The highest BCUT2D eigenvalue weighted by molar-refractivity contribution is 7.89. The van der Waals surface area contributed by atoms with Crippen molar-refractivity contribution in [2.45, 2.75) is 69.2 Å². The van der Waals surface area contributed by atoms with Crippen LogP contribution >= 0.6 is 0 Å². The van der Waals surface area contributed by atoms with Crippen LogP contribution in [-0.2, 0) is 10.0 Å². The number of nitrogens with zero attached hydrogens (tertiary/aromatic N) is 5. The number of hydrogen-bond donors (Lipinski definition) is 1. The third-order valence-corrected chi connectivity index (χ3v) is 8.71. The quantitative estimate of drug-likeness (QED) is 0.587. The summed E-state index contributed by atoms with van der Waals surface area (Å²) < 4.78 is 29.1. The van der Waals surface area contributed by atoms with E-state index in [1.807, 2.05) is 0 Å². The topological polar surface area (TPSA) is 110 Å². The van der Waals surface area contributed by atoms with Gasteiger partial charge in [0, 0.05) is 24.8 Å². The van der Waals surface area contributed by atoms with Crippen LogP contribution in [0.5, 0.6) is 0 Å². The Labute approximate surface area is 199 Å². The summed E-state index contributed by atoms with van der Waals surface area (Å²) in [6.45, 7) is 2.87. The molecule has 5 rings (SSSR count). The smallest absolute Gasteiger partial charge is 0.273 e. The van der Waals surface area contributed by atoms with Crippen molar-refractivity contribution in [2.24, 2.45) is 0 Å². The maximum absolute atomic E-state index is 13.0. The van der Waals surface area contributed by atoms with E-state index in [0.717, 1.165) is 44.9 Å². The second-order valence-electron chi connectivity index (χ2n) is 9.18. The van der Waals surface area contributed by atoms with Crippen LogP contribution in [0.1, 0.15) is 63.1 Å². The van der Waals surface area contributed by atoms with Crippen molar-refractivity contribution < 1.29 is 8.42 Å². The van der Waals surface area contributed by atoms with Gasteiger partial charge in [-0.15, -0.1) is 0 Å². The van der Waals surface area contributed by atoms with Crippen LogP contribution < -0.4 is 10.9 Å². The van der Waals surface area contributed by atoms with Gasteiger partial charge in [0.1, 0.15) is 11.2 Å². The molecule has 1 saturated carbocycles. The molecule has 0 amide bonds. The zero-order chi connectivity index (χ0) is 23.7. The molecular formula is C24H30N6O3S. The SMILES string of the molecule is Cc1nc2cnc(Nc3ccc(S(=O)(=O)N4CCCCC4)cc3)nc2n(C2CCCCC2)c1=O. The van der Waals surface area contributed by atoms with Crippen LogP contribution in [-0.4, -0.2) is 45.3 Å². The van der Waals surface area contributed by atoms with Crippen molar-refractivity contribution >= 4 is 32.8 Å². The summed E-state index contributed by atoms with van der Waals surface area (Å²) >= 11 is 0. The van der Waals surface area contributed by atoms with Crippen molar-refractivity contribution in [1.29, 1.82) is 0 Å². The van der Waals surface area contributed by atoms with Crippen LogP contribution in [0.2, 0.25) is 0 Å². The van der Waals surface area contributed by atoms with E-state index in [1.54, 1.807) is 46.3 Å². The van der Waals surface area contributed by atoms with E-state index in [0.29, 0.717) is 41.6 Å². The summed E-state index contributed by atoms with van der Waals surface area (Å²) in [6.07, 6.45) is 9.81. The zero-order valence-corrected chi connectivity index (χ0v) is 20.2. The minimum atomic E-state index is -3.48. The third-order valence-electron chi connectivity index (χ3n) is 6.80. The predicted octanol–water partition coefficient (Wildman–Crippen LogP) is 3.92. The number of sulfonamides is 1. The number of anilines is 2. The molecule has 10 heteroatoms. The van der Waals surface area contributed by atoms with E-state index >= 15 is 0 Å². The van der Waals surface area contributed by atoms with E-state index in [-0.39, 0.29) is 16.5 Å². The van der Waals surface area contributed by atoms with Crippen molar-refractivity contribution in [2.75, 3.05) is 18.4 Å². The predicted molar refractivity (Wildman–Crippen MR) is 131 cm³/mol. The Morgan fingerprint density at radius 1 is 0.941 bits per heavy atom. The zero-order valence-electron chi connectivity index (χ0n) is 19.4. The highest BCUT2D eigenvalue weighted by Crippen LogP contribution is 2.29. The third kappa shape index (κ3) is 4.44. The molecule has 2 fully saturated rings. The average molecular weight is 483 g/mol. The second-order valence-corrected chi connectivity index (χ2v) is 11.1. The van der Waals surface area contributed by atoms with E-state index in [9.17, 15) is 13.2 Å². The molecule has 1 aliphatic carbocycles. The van der Waals surface area contributed by atoms with Gasteiger partial charge in [-0.2, -0.15) is 9.29 Å². The fourth-order valence-corrected chi connectivity index (χ4v) is 6.47. The minimum Gasteiger partial charge on any atom is -0.324 e. The van der Waals surface area contributed by atoms with Crippen molar-refractivity contribution in [3.8, 4) is 0 Å². The highest BCUT2D eigenvalue weighted by atomic mass is 32.2. The number of hydrogen-bond acceptors (Lipinski definition) is 7. The van der Waals surface area contributed by atoms with Gasteiger partial charge in [0.15, 0.2) is 5.65 Å². The summed E-state index contributed by atoms with van der Waals surface area (Å²) in [5.41, 5.74) is 2.15. The first-order valence-corrected chi connectivity index (χ1v) is 13.5. The fourth-order valence-electron chi connectivity index (χ4n) is 4.95. The monoisotopic (exact) mass is 482 g/mol. The number of benzene rings is 1. The number of aromatic nitrogens is 4. The molecule has 0 bridgehead atoms. The lowest BCUT2D eigenvalue weighted by atomic mass is 9.95. The maximum atomic E-state index is 13.0. The molecule has 0 atom stereocenters. The average Bonchev–Trinajstić information content (AvgIpc) is 2.86. The van der Waals surface area contributed by atoms with Crippen LogP contribution in [0.4, 0.5) is 11.6 Å². The molecular weight excluding hydrogens is 452 g/mol. The fraction of sp³-hybridized carbons (Fsp3) is 0.500. The first-order valence-electron chi connectivity index (χ1n) is 12.1. The first-order chi connectivity index (χ1) is 16.4. The Bertz CT molecular complexity index is 1340. The summed E-state index contributed by atoms with van der Waals surface area (Å²) in [5.74, 6) is 0.341. The second kappa shape index (κ2) is 9.42. The van der Waals surface area contributed by atoms with Crippen LogP contribution in [0, 0.1) is 6.92 Å². The number of nitrogens with one attached hydrogen (secondary N) is 1. The number of fused-ring (bicyclic) bond motifs is 1. The Morgan fingerprint density at radius 3 is 2.32 bits per heavy atom. The van der Waals surface area contributed by atoms with Gasteiger partial charge >= 0.3 is 0 Å². The maximum Gasteiger partial charge on any atom is 0.273 e. The van der Waals surface area contributed by atoms with Gasteiger partial charge in [0.2, 0.25) is 16.0 Å². The Balaban J connectivity index is 1.43. The molecule has 0 unspecified atom stereocenters. The van der Waals surface area contributed by atoms with Crippen molar-refractivity contribution in [1.82, 2.24) is 23.8 Å². The van der Waals surface area contributed by atoms with E-state index in [1.165, 1.54) is 6.42 Å².